The Morgan fingerprint density at radius 3 is 2.53 bits per heavy atom. The van der Waals surface area contributed by atoms with Crippen molar-refractivity contribution < 1.29 is 18.4 Å². The molecule has 154 valence electrons. The predicted octanol–water partition coefficient (Wildman–Crippen LogP) is 4.51. The zero-order valence-electron chi connectivity index (χ0n) is 15.9. The number of carbonyl (C=O) groups excluding carboxylic acids is 2. The zero-order chi connectivity index (χ0) is 21.8. The third kappa shape index (κ3) is 3.24. The van der Waals surface area contributed by atoms with Crippen LogP contribution in [-0.4, -0.2) is 16.8 Å². The van der Waals surface area contributed by atoms with Crippen molar-refractivity contribution in [3.05, 3.63) is 79.4 Å². The van der Waals surface area contributed by atoms with Gasteiger partial charge in [-0.05, 0) is 49.2 Å². The number of rotatable bonds is 3. The van der Waals surface area contributed by atoms with Gasteiger partial charge in [0.15, 0.2) is 0 Å². The molecule has 1 fully saturated rings. The van der Waals surface area contributed by atoms with E-state index >= 15 is 0 Å². The topological polar surface area (TPSA) is 79.6 Å². The van der Waals surface area contributed by atoms with Gasteiger partial charge in [-0.25, -0.2) is 14.0 Å². The van der Waals surface area contributed by atoms with E-state index < -0.39 is 28.9 Å². The lowest BCUT2D eigenvalue weighted by atomic mass is 9.92. The Bertz CT molecular complexity index is 1290. The van der Waals surface area contributed by atoms with Crippen molar-refractivity contribution in [1.82, 2.24) is 10.2 Å². The summed E-state index contributed by atoms with van der Waals surface area (Å²) in [6, 6.07) is 7.39. The highest BCUT2D eigenvalue weighted by atomic mass is 35.5. The van der Waals surface area contributed by atoms with Gasteiger partial charge in [-0.15, -0.1) is 0 Å². The van der Waals surface area contributed by atoms with Gasteiger partial charge in [0.2, 0.25) is 0 Å². The van der Waals surface area contributed by atoms with E-state index in [1.54, 1.807) is 19.1 Å². The van der Waals surface area contributed by atoms with Crippen LogP contribution in [-0.2, 0) is 16.9 Å². The van der Waals surface area contributed by atoms with Crippen LogP contribution in [0.1, 0.15) is 23.6 Å². The zero-order valence-corrected chi connectivity index (χ0v) is 17.4. The van der Waals surface area contributed by atoms with Gasteiger partial charge in [0.1, 0.15) is 16.9 Å². The van der Waals surface area contributed by atoms with Crippen LogP contribution in [0.3, 0.4) is 0 Å². The number of hydrogen-bond acceptors (Lipinski definition) is 4. The molecule has 2 aromatic carbocycles. The molecule has 0 saturated carbocycles. The molecule has 30 heavy (non-hydrogen) atoms. The Kier molecular flexibility index (Phi) is 4.83. The molecule has 0 bridgehead atoms. The Morgan fingerprint density at radius 2 is 1.83 bits per heavy atom. The van der Waals surface area contributed by atoms with Crippen molar-refractivity contribution in [2.75, 3.05) is 0 Å². The molecule has 1 aromatic heterocycles. The molecule has 1 saturated heterocycles. The van der Waals surface area contributed by atoms with Gasteiger partial charge in [-0.2, -0.15) is 0 Å². The molecule has 1 N–H and O–H groups in total. The maximum Gasteiger partial charge on any atom is 0.336 e. The van der Waals surface area contributed by atoms with Crippen LogP contribution < -0.4 is 10.9 Å². The van der Waals surface area contributed by atoms with E-state index in [4.69, 9.17) is 27.6 Å². The molecular formula is C21H15Cl2FN2O4. The van der Waals surface area contributed by atoms with Crippen LogP contribution in [0.2, 0.25) is 10.0 Å². The molecule has 9 heteroatoms. The molecule has 1 aliphatic heterocycles. The highest BCUT2D eigenvalue weighted by Gasteiger charge is 2.50. The van der Waals surface area contributed by atoms with E-state index in [1.807, 2.05) is 0 Å². The smallest absolute Gasteiger partial charge is 0.336 e. The van der Waals surface area contributed by atoms with Crippen LogP contribution in [0.4, 0.5) is 9.18 Å². The van der Waals surface area contributed by atoms with Gasteiger partial charge >= 0.3 is 11.7 Å². The van der Waals surface area contributed by atoms with E-state index in [9.17, 15) is 18.8 Å². The van der Waals surface area contributed by atoms with Crippen LogP contribution in [0.25, 0.3) is 11.0 Å². The lowest BCUT2D eigenvalue weighted by Crippen LogP contribution is -2.41. The second-order valence-corrected chi connectivity index (χ2v) is 8.07. The first-order chi connectivity index (χ1) is 14.1. The van der Waals surface area contributed by atoms with Crippen LogP contribution in [0, 0.1) is 12.7 Å². The maximum absolute atomic E-state index is 13.4. The minimum Gasteiger partial charge on any atom is -0.423 e. The largest absolute Gasteiger partial charge is 0.423 e. The molecule has 0 aliphatic carbocycles. The SMILES string of the molecule is Cc1cc2oc(=O)cc(CN3C(=O)NC(C)(c4ccc(F)cc4Cl)C3=O)c2cc1Cl. The number of carbonyl (C=O) groups is 2. The number of nitrogens with one attached hydrogen (secondary N) is 1. The van der Waals surface area contributed by atoms with Crippen molar-refractivity contribution in [2.45, 2.75) is 25.9 Å². The van der Waals surface area contributed by atoms with E-state index in [2.05, 4.69) is 5.32 Å². The number of amides is 3. The molecule has 6 nitrogen and oxygen atoms in total. The molecule has 0 radical (unpaired) electrons. The summed E-state index contributed by atoms with van der Waals surface area (Å²) in [5, 5.41) is 3.60. The lowest BCUT2D eigenvalue weighted by molar-refractivity contribution is -0.131. The number of hydrogen-bond donors (Lipinski definition) is 1. The molecule has 1 atom stereocenters. The molecule has 1 unspecified atom stereocenters. The number of benzene rings is 2. The summed E-state index contributed by atoms with van der Waals surface area (Å²) in [5.41, 5.74) is -0.404. The first-order valence-electron chi connectivity index (χ1n) is 8.92. The maximum atomic E-state index is 13.4. The Morgan fingerprint density at radius 1 is 1.10 bits per heavy atom. The fourth-order valence-corrected chi connectivity index (χ4v) is 4.09. The average molecular weight is 449 g/mol. The van der Waals surface area contributed by atoms with Crippen molar-refractivity contribution in [2.24, 2.45) is 0 Å². The second kappa shape index (κ2) is 7.11. The quantitative estimate of drug-likeness (QED) is 0.471. The molecular weight excluding hydrogens is 434 g/mol. The van der Waals surface area contributed by atoms with E-state index in [0.717, 1.165) is 22.6 Å². The van der Waals surface area contributed by atoms with Crippen LogP contribution in [0.15, 0.2) is 45.6 Å². The fraction of sp³-hybridized carbons (Fsp3) is 0.190. The Hall–Kier alpha value is -2.90. The summed E-state index contributed by atoms with van der Waals surface area (Å²) in [6.45, 7) is 3.08. The van der Waals surface area contributed by atoms with Crippen molar-refractivity contribution in [1.29, 1.82) is 0 Å². The fourth-order valence-electron chi connectivity index (χ4n) is 3.57. The predicted molar refractivity (Wildman–Crippen MR) is 110 cm³/mol. The number of aryl methyl sites for hydroxylation is 1. The van der Waals surface area contributed by atoms with Crippen molar-refractivity contribution in [3.8, 4) is 0 Å². The van der Waals surface area contributed by atoms with Crippen molar-refractivity contribution >= 4 is 46.1 Å². The van der Waals surface area contributed by atoms with Crippen LogP contribution in [0.5, 0.6) is 0 Å². The molecule has 4 rings (SSSR count). The van der Waals surface area contributed by atoms with Gasteiger partial charge in [0, 0.05) is 27.1 Å². The minimum absolute atomic E-state index is 0.0149. The number of nitrogens with zero attached hydrogens (tertiary/aromatic N) is 1. The monoisotopic (exact) mass is 448 g/mol. The number of urea groups is 1. The average Bonchev–Trinajstić information content (AvgIpc) is 2.87. The molecule has 3 aromatic rings. The van der Waals surface area contributed by atoms with Crippen LogP contribution >= 0.6 is 23.2 Å². The summed E-state index contributed by atoms with van der Waals surface area (Å²) >= 11 is 12.3. The third-order valence-electron chi connectivity index (χ3n) is 5.18. The van der Waals surface area contributed by atoms with Gasteiger partial charge in [0.05, 0.1) is 6.54 Å². The normalized spacial score (nSPS) is 18.9. The third-order valence-corrected chi connectivity index (χ3v) is 5.90. The van der Waals surface area contributed by atoms with Gasteiger partial charge < -0.3 is 9.73 Å². The van der Waals surface area contributed by atoms with E-state index in [1.165, 1.54) is 19.1 Å². The van der Waals surface area contributed by atoms with E-state index in [0.29, 0.717) is 21.6 Å². The first kappa shape index (κ1) is 20.4. The van der Waals surface area contributed by atoms with Crippen molar-refractivity contribution in [3.63, 3.8) is 0 Å². The summed E-state index contributed by atoms with van der Waals surface area (Å²) in [6.07, 6.45) is 0. The minimum atomic E-state index is -1.48. The van der Waals surface area contributed by atoms with E-state index in [-0.39, 0.29) is 17.1 Å². The standard InChI is InChI=1S/C21H15Cl2FN2O4/c1-10-5-17-13(8-15(10)22)11(6-18(27)30-17)9-26-19(28)21(2,25-20(26)29)14-4-3-12(24)7-16(14)23/h3-8H,9H2,1-2H3,(H,25,29). The Balaban J connectivity index is 1.76. The summed E-state index contributed by atoms with van der Waals surface area (Å²) in [4.78, 5) is 38.8. The summed E-state index contributed by atoms with van der Waals surface area (Å²) in [7, 11) is 0. The molecule has 1 aliphatic rings. The highest BCUT2D eigenvalue weighted by Crippen LogP contribution is 2.35. The molecule has 2 heterocycles. The molecule has 3 amide bonds. The second-order valence-electron chi connectivity index (χ2n) is 7.26. The first-order valence-corrected chi connectivity index (χ1v) is 9.68. The summed E-state index contributed by atoms with van der Waals surface area (Å²) < 4.78 is 18.7. The van der Waals surface area contributed by atoms with Gasteiger partial charge in [-0.3, -0.25) is 9.69 Å². The number of halogens is 3. The number of fused-ring (bicyclic) bond motifs is 1. The lowest BCUT2D eigenvalue weighted by Gasteiger charge is -2.23. The van der Waals surface area contributed by atoms with Gasteiger partial charge in [0.25, 0.3) is 5.91 Å². The highest BCUT2D eigenvalue weighted by molar-refractivity contribution is 6.32. The molecule has 0 spiro atoms. The number of imide groups is 1. The Labute approximate surface area is 180 Å². The van der Waals surface area contributed by atoms with Gasteiger partial charge in [-0.1, -0.05) is 29.3 Å². The summed E-state index contributed by atoms with van der Waals surface area (Å²) in [5.74, 6) is -1.14.